The molecule has 5 nitrogen and oxygen atoms in total. The molecular formula is C18H23N3O2. The molecule has 0 aliphatic carbocycles. The van der Waals surface area contributed by atoms with Crippen LogP contribution in [-0.4, -0.2) is 22.1 Å². The first kappa shape index (κ1) is 17.0. The first-order valence-electron chi connectivity index (χ1n) is 7.61. The van der Waals surface area contributed by atoms with Crippen molar-refractivity contribution in [2.24, 2.45) is 4.99 Å². The molecule has 2 rings (SSSR count). The van der Waals surface area contributed by atoms with E-state index in [-0.39, 0.29) is 6.04 Å². The third kappa shape index (κ3) is 4.29. The van der Waals surface area contributed by atoms with E-state index in [0.29, 0.717) is 17.3 Å². The van der Waals surface area contributed by atoms with Crippen molar-refractivity contribution < 1.29 is 9.94 Å². The Bertz CT molecular complexity index is 724. The number of nitrogens with one attached hydrogen (secondary N) is 1. The minimum absolute atomic E-state index is 0.0277. The van der Waals surface area contributed by atoms with Crippen molar-refractivity contribution in [2.75, 3.05) is 0 Å². The average Bonchev–Trinajstić information content (AvgIpc) is 2.48. The van der Waals surface area contributed by atoms with Gasteiger partial charge in [-0.1, -0.05) is 17.7 Å². The summed E-state index contributed by atoms with van der Waals surface area (Å²) in [6.45, 7) is 9.79. The van der Waals surface area contributed by atoms with Crippen LogP contribution in [0.2, 0.25) is 0 Å². The van der Waals surface area contributed by atoms with Gasteiger partial charge in [0.25, 0.3) is 0 Å². The largest absolute Gasteiger partial charge is 0.438 e. The van der Waals surface area contributed by atoms with Crippen molar-refractivity contribution in [3.05, 3.63) is 52.7 Å². The Kier molecular flexibility index (Phi) is 5.34. The average molecular weight is 313 g/mol. The zero-order valence-corrected chi connectivity index (χ0v) is 14.2. The summed E-state index contributed by atoms with van der Waals surface area (Å²) < 4.78 is 6.00. The van der Waals surface area contributed by atoms with Crippen LogP contribution in [0.25, 0.3) is 0 Å². The number of nitrogens with zero attached hydrogens (tertiary/aromatic N) is 2. The first-order valence-corrected chi connectivity index (χ1v) is 7.61. The van der Waals surface area contributed by atoms with Crippen LogP contribution >= 0.6 is 0 Å². The molecule has 5 heteroatoms. The van der Waals surface area contributed by atoms with Gasteiger partial charge in [0.2, 0.25) is 5.88 Å². The maximum Gasteiger partial charge on any atom is 0.230 e. The number of amidine groups is 1. The molecule has 122 valence electrons. The Labute approximate surface area is 137 Å². The second kappa shape index (κ2) is 7.24. The van der Waals surface area contributed by atoms with Crippen molar-refractivity contribution in [1.29, 1.82) is 0 Å². The molecule has 0 atom stereocenters. The molecule has 0 aliphatic rings. The molecule has 0 bridgehead atoms. The van der Waals surface area contributed by atoms with Crippen LogP contribution in [0.3, 0.4) is 0 Å². The van der Waals surface area contributed by atoms with Gasteiger partial charge in [0.15, 0.2) is 5.84 Å². The minimum Gasteiger partial charge on any atom is -0.438 e. The van der Waals surface area contributed by atoms with Gasteiger partial charge >= 0.3 is 0 Å². The molecule has 1 aromatic heterocycles. The van der Waals surface area contributed by atoms with E-state index < -0.39 is 0 Å². The number of aryl methyl sites for hydroxylation is 3. The van der Waals surface area contributed by atoms with E-state index >= 15 is 0 Å². The molecule has 0 fully saturated rings. The predicted octanol–water partition coefficient (Wildman–Crippen LogP) is 3.93. The molecule has 0 amide bonds. The zero-order chi connectivity index (χ0) is 17.0. The fourth-order valence-electron chi connectivity index (χ4n) is 2.23. The Hall–Kier alpha value is -2.40. The molecule has 0 unspecified atom stereocenters. The molecule has 2 N–H and O–H groups in total. The smallest absolute Gasteiger partial charge is 0.230 e. The highest BCUT2D eigenvalue weighted by atomic mass is 16.5. The van der Waals surface area contributed by atoms with E-state index in [1.807, 2.05) is 58.9 Å². The third-order valence-corrected chi connectivity index (χ3v) is 3.28. The summed E-state index contributed by atoms with van der Waals surface area (Å²) in [4.78, 5) is 8.82. The quantitative estimate of drug-likeness (QED) is 0.510. The highest BCUT2D eigenvalue weighted by Crippen LogP contribution is 2.27. The van der Waals surface area contributed by atoms with Crippen molar-refractivity contribution in [1.82, 2.24) is 10.5 Å². The minimum atomic E-state index is 0.0277. The standard InChI is InChI=1S/C18H23N3O2/c1-11(2)19-17(21-22)15-8-7-14(5)20-18(15)23-16-9-6-12(3)10-13(16)4/h6-11,22H,1-5H3,(H,19,21). The summed E-state index contributed by atoms with van der Waals surface area (Å²) in [6, 6.07) is 9.69. The van der Waals surface area contributed by atoms with Crippen LogP contribution in [0, 0.1) is 20.8 Å². The molecular weight excluding hydrogens is 290 g/mol. The lowest BCUT2D eigenvalue weighted by atomic mass is 10.1. The topological polar surface area (TPSA) is 66.7 Å². The highest BCUT2D eigenvalue weighted by molar-refractivity contribution is 6.00. The molecule has 1 aromatic carbocycles. The summed E-state index contributed by atoms with van der Waals surface area (Å²) in [5.74, 6) is 1.49. The van der Waals surface area contributed by atoms with Gasteiger partial charge in [-0.25, -0.2) is 4.98 Å². The number of hydrogen-bond acceptors (Lipinski definition) is 4. The van der Waals surface area contributed by atoms with Gasteiger partial charge in [0.05, 0.1) is 5.56 Å². The molecule has 1 heterocycles. The van der Waals surface area contributed by atoms with Crippen molar-refractivity contribution in [3.63, 3.8) is 0 Å². The number of ether oxygens (including phenoxy) is 1. The van der Waals surface area contributed by atoms with E-state index in [1.165, 1.54) is 5.56 Å². The Morgan fingerprint density at radius 3 is 2.52 bits per heavy atom. The summed E-state index contributed by atoms with van der Waals surface area (Å²) in [7, 11) is 0. The number of benzene rings is 1. The predicted molar refractivity (Wildman–Crippen MR) is 91.6 cm³/mol. The van der Waals surface area contributed by atoms with Gasteiger partial charge in [-0.3, -0.25) is 15.7 Å². The van der Waals surface area contributed by atoms with Gasteiger partial charge in [0, 0.05) is 11.7 Å². The number of rotatable bonds is 4. The SMILES string of the molecule is Cc1ccc(Oc2nc(C)ccc2C(=NC(C)C)NO)c(C)c1. The van der Waals surface area contributed by atoms with Crippen LogP contribution in [0.15, 0.2) is 35.3 Å². The number of aliphatic imine (C=N–C) groups is 1. The van der Waals surface area contributed by atoms with Crippen LogP contribution in [0.4, 0.5) is 0 Å². The van der Waals surface area contributed by atoms with Crippen LogP contribution in [0.1, 0.15) is 36.2 Å². The van der Waals surface area contributed by atoms with Gasteiger partial charge in [-0.15, -0.1) is 0 Å². The van der Waals surface area contributed by atoms with Crippen LogP contribution in [-0.2, 0) is 0 Å². The summed E-state index contributed by atoms with van der Waals surface area (Å²) >= 11 is 0. The molecule has 0 radical (unpaired) electrons. The first-order chi connectivity index (χ1) is 10.9. The van der Waals surface area contributed by atoms with Crippen molar-refractivity contribution in [3.8, 4) is 11.6 Å². The van der Waals surface area contributed by atoms with E-state index in [9.17, 15) is 5.21 Å². The number of hydroxylamine groups is 1. The maximum absolute atomic E-state index is 9.42. The van der Waals surface area contributed by atoms with Crippen LogP contribution < -0.4 is 10.2 Å². The van der Waals surface area contributed by atoms with Gasteiger partial charge in [0.1, 0.15) is 5.75 Å². The lowest BCUT2D eigenvalue weighted by molar-refractivity contribution is 0.234. The van der Waals surface area contributed by atoms with Crippen LogP contribution in [0.5, 0.6) is 11.6 Å². The summed E-state index contributed by atoms with van der Waals surface area (Å²) in [6.07, 6.45) is 0. The zero-order valence-electron chi connectivity index (χ0n) is 14.2. The number of hydrogen-bond donors (Lipinski definition) is 2. The fourth-order valence-corrected chi connectivity index (χ4v) is 2.23. The third-order valence-electron chi connectivity index (χ3n) is 3.28. The highest BCUT2D eigenvalue weighted by Gasteiger charge is 2.14. The van der Waals surface area contributed by atoms with Crippen molar-refractivity contribution in [2.45, 2.75) is 40.7 Å². The lowest BCUT2D eigenvalue weighted by Crippen LogP contribution is -2.23. The number of aromatic nitrogens is 1. The lowest BCUT2D eigenvalue weighted by Gasteiger charge is -2.14. The number of pyridine rings is 1. The Balaban J connectivity index is 2.47. The van der Waals surface area contributed by atoms with E-state index in [1.54, 1.807) is 0 Å². The fraction of sp³-hybridized carbons (Fsp3) is 0.333. The van der Waals surface area contributed by atoms with E-state index in [0.717, 1.165) is 17.0 Å². The van der Waals surface area contributed by atoms with E-state index in [4.69, 9.17) is 4.74 Å². The molecule has 2 aromatic rings. The molecule has 0 spiro atoms. The maximum atomic E-state index is 9.42. The van der Waals surface area contributed by atoms with Gasteiger partial charge in [-0.2, -0.15) is 0 Å². The van der Waals surface area contributed by atoms with Gasteiger partial charge in [-0.05, 0) is 58.4 Å². The van der Waals surface area contributed by atoms with Gasteiger partial charge < -0.3 is 4.74 Å². The Morgan fingerprint density at radius 1 is 1.17 bits per heavy atom. The van der Waals surface area contributed by atoms with Crippen molar-refractivity contribution >= 4 is 5.84 Å². The molecule has 0 saturated heterocycles. The summed E-state index contributed by atoms with van der Waals surface area (Å²) in [5, 5.41) is 9.42. The molecule has 23 heavy (non-hydrogen) atoms. The second-order valence-electron chi connectivity index (χ2n) is 5.86. The monoisotopic (exact) mass is 313 g/mol. The Morgan fingerprint density at radius 2 is 1.91 bits per heavy atom. The summed E-state index contributed by atoms with van der Waals surface area (Å²) in [5.41, 5.74) is 5.79. The normalized spacial score (nSPS) is 11.7. The molecule has 0 aliphatic heterocycles. The second-order valence-corrected chi connectivity index (χ2v) is 5.86. The molecule has 0 saturated carbocycles. The van der Waals surface area contributed by atoms with E-state index in [2.05, 4.69) is 21.5 Å².